The molecule has 4 heterocycles. The van der Waals surface area contributed by atoms with Crippen LogP contribution in [0.3, 0.4) is 0 Å². The predicted octanol–water partition coefficient (Wildman–Crippen LogP) is 1.84. The monoisotopic (exact) mass is 463 g/mol. The van der Waals surface area contributed by atoms with Gasteiger partial charge in [0.25, 0.3) is 0 Å². The van der Waals surface area contributed by atoms with E-state index >= 15 is 0 Å². The molecule has 2 aromatic heterocycles. The van der Waals surface area contributed by atoms with Gasteiger partial charge in [0.2, 0.25) is 0 Å². The average molecular weight is 464 g/mol. The second-order valence-corrected chi connectivity index (χ2v) is 8.80. The molecule has 0 saturated carbocycles. The molecular weight excluding hydrogens is 430 g/mol. The summed E-state index contributed by atoms with van der Waals surface area (Å²) in [7, 11) is 0. The van der Waals surface area contributed by atoms with Gasteiger partial charge in [-0.1, -0.05) is 0 Å². The van der Waals surface area contributed by atoms with E-state index < -0.39 is 0 Å². The molecule has 34 heavy (non-hydrogen) atoms. The van der Waals surface area contributed by atoms with Gasteiger partial charge < -0.3 is 20.7 Å². The van der Waals surface area contributed by atoms with E-state index in [1.807, 2.05) is 6.07 Å². The fraction of sp³-hybridized carbons (Fsp3) is 0.520. The van der Waals surface area contributed by atoms with Gasteiger partial charge in [0.1, 0.15) is 23.1 Å². The molecule has 1 atom stereocenters. The highest BCUT2D eigenvalue weighted by molar-refractivity contribution is 5.83. The number of hydrogen-bond donors (Lipinski definition) is 3. The lowest BCUT2D eigenvalue weighted by Gasteiger charge is -2.26. The number of rotatable bonds is 10. The Balaban J connectivity index is 1.42. The van der Waals surface area contributed by atoms with Crippen LogP contribution >= 0.6 is 0 Å². The molecule has 2 fully saturated rings. The van der Waals surface area contributed by atoms with E-state index in [-0.39, 0.29) is 5.78 Å². The highest BCUT2D eigenvalue weighted by Gasteiger charge is 2.17. The van der Waals surface area contributed by atoms with Gasteiger partial charge in [-0.2, -0.15) is 0 Å². The van der Waals surface area contributed by atoms with Crippen molar-refractivity contribution < 1.29 is 9.53 Å². The smallest absolute Gasteiger partial charge is 0.150 e. The van der Waals surface area contributed by atoms with Gasteiger partial charge in [0.05, 0.1) is 25.6 Å². The quantitative estimate of drug-likeness (QED) is 0.455. The molecule has 0 spiro atoms. The molecule has 2 aliphatic heterocycles. The Morgan fingerprint density at radius 3 is 2.79 bits per heavy atom. The van der Waals surface area contributed by atoms with Crippen LogP contribution in [-0.2, 0) is 16.0 Å². The molecule has 3 N–H and O–H groups in total. The topological polar surface area (TPSA) is 104 Å². The summed E-state index contributed by atoms with van der Waals surface area (Å²) >= 11 is 0. The minimum Gasteiger partial charge on any atom is -0.384 e. The lowest BCUT2D eigenvalue weighted by molar-refractivity contribution is -0.119. The molecule has 0 amide bonds. The van der Waals surface area contributed by atoms with Crippen LogP contribution in [-0.4, -0.2) is 78.1 Å². The Hall–Kier alpha value is -3.06. The minimum absolute atomic E-state index is 0.215. The Morgan fingerprint density at radius 2 is 2.06 bits per heavy atom. The Morgan fingerprint density at radius 1 is 1.21 bits per heavy atom. The first kappa shape index (κ1) is 24.1. The van der Waals surface area contributed by atoms with Crippen molar-refractivity contribution >= 4 is 23.1 Å². The van der Waals surface area contributed by atoms with E-state index in [4.69, 9.17) is 11.2 Å². The number of nitrogens with zero attached hydrogens (tertiary/aromatic N) is 4. The van der Waals surface area contributed by atoms with Gasteiger partial charge in [-0.25, -0.2) is 15.0 Å². The number of ketones is 1. The van der Waals surface area contributed by atoms with Gasteiger partial charge in [0.15, 0.2) is 0 Å². The van der Waals surface area contributed by atoms with Crippen molar-refractivity contribution in [3.8, 4) is 12.3 Å². The number of piperidine rings is 1. The van der Waals surface area contributed by atoms with Crippen molar-refractivity contribution in [2.75, 3.05) is 63.1 Å². The van der Waals surface area contributed by atoms with Gasteiger partial charge in [-0.3, -0.25) is 9.69 Å². The minimum atomic E-state index is 0.215. The van der Waals surface area contributed by atoms with E-state index in [2.05, 4.69) is 41.7 Å². The molecule has 9 nitrogen and oxygen atoms in total. The number of nitrogens with one attached hydrogen (secondary N) is 3. The average Bonchev–Trinajstić information content (AvgIpc) is 2.89. The maximum absolute atomic E-state index is 12.8. The van der Waals surface area contributed by atoms with Crippen molar-refractivity contribution in [1.29, 1.82) is 0 Å². The molecule has 180 valence electrons. The van der Waals surface area contributed by atoms with Crippen LogP contribution in [0.25, 0.3) is 0 Å². The summed E-state index contributed by atoms with van der Waals surface area (Å²) in [5.41, 5.74) is 2.32. The second-order valence-electron chi connectivity index (χ2n) is 8.80. The van der Waals surface area contributed by atoms with E-state index in [1.54, 1.807) is 18.6 Å². The van der Waals surface area contributed by atoms with E-state index in [0.29, 0.717) is 36.1 Å². The maximum Gasteiger partial charge on any atom is 0.150 e. The second kappa shape index (κ2) is 12.4. The zero-order valence-electron chi connectivity index (χ0n) is 19.6. The van der Waals surface area contributed by atoms with Crippen molar-refractivity contribution in [1.82, 2.24) is 25.2 Å². The molecule has 0 radical (unpaired) electrons. The molecule has 2 aromatic rings. The third kappa shape index (κ3) is 7.22. The Labute approximate surface area is 201 Å². The molecule has 0 aliphatic carbocycles. The largest absolute Gasteiger partial charge is 0.384 e. The first-order valence-corrected chi connectivity index (χ1v) is 12.0. The van der Waals surface area contributed by atoms with Crippen molar-refractivity contribution in [2.24, 2.45) is 5.92 Å². The van der Waals surface area contributed by atoms with Gasteiger partial charge >= 0.3 is 0 Å². The SMILES string of the molecule is C#Cc1cnc(Nc2cc(NCC3CCCNC3)c(CC(=O)CCN3CCOCC3)cn2)cn1. The highest BCUT2D eigenvalue weighted by Crippen LogP contribution is 2.23. The fourth-order valence-electron chi connectivity index (χ4n) is 4.22. The van der Waals surface area contributed by atoms with E-state index in [9.17, 15) is 4.79 Å². The Bertz CT molecular complexity index is 978. The van der Waals surface area contributed by atoms with Gasteiger partial charge in [-0.05, 0) is 37.8 Å². The number of Topliss-reactive ketones (excluding diaryl/α,β-unsaturated/α-hetero) is 1. The standard InChI is InChI=1S/C25H33N7O2/c1-2-21-17-30-25(18-27-21)31-24-13-23(28-15-19-4-3-6-26-14-19)20(16-29-24)12-22(33)5-7-32-8-10-34-11-9-32/h1,13,16-19,26H,3-12,14-15H2,(H2,28,29,30,31). The molecule has 9 heteroatoms. The number of terminal acetylenes is 1. The van der Waals surface area contributed by atoms with Crippen LogP contribution in [0.15, 0.2) is 24.7 Å². The van der Waals surface area contributed by atoms with Gasteiger partial charge in [-0.15, -0.1) is 6.42 Å². The van der Waals surface area contributed by atoms with Crippen LogP contribution in [0.1, 0.15) is 30.5 Å². The number of hydrogen-bond acceptors (Lipinski definition) is 9. The zero-order chi connectivity index (χ0) is 23.6. The van der Waals surface area contributed by atoms with Gasteiger partial charge in [0, 0.05) is 62.5 Å². The van der Waals surface area contributed by atoms with Crippen LogP contribution < -0.4 is 16.0 Å². The third-order valence-corrected chi connectivity index (χ3v) is 6.22. The summed E-state index contributed by atoms with van der Waals surface area (Å²) in [5, 5.41) is 10.2. The molecular formula is C25H33N7O2. The zero-order valence-corrected chi connectivity index (χ0v) is 19.6. The first-order chi connectivity index (χ1) is 16.7. The third-order valence-electron chi connectivity index (χ3n) is 6.22. The number of anilines is 3. The van der Waals surface area contributed by atoms with Crippen LogP contribution in [0.2, 0.25) is 0 Å². The highest BCUT2D eigenvalue weighted by atomic mass is 16.5. The Kier molecular flexibility index (Phi) is 8.79. The summed E-state index contributed by atoms with van der Waals surface area (Å²) in [4.78, 5) is 28.0. The molecule has 4 rings (SSSR count). The first-order valence-electron chi connectivity index (χ1n) is 12.0. The van der Waals surface area contributed by atoms with Crippen LogP contribution in [0.4, 0.5) is 17.3 Å². The van der Waals surface area contributed by atoms with Crippen molar-refractivity contribution in [3.05, 3.63) is 35.9 Å². The summed E-state index contributed by atoms with van der Waals surface area (Å²) in [6.07, 6.45) is 13.5. The van der Waals surface area contributed by atoms with Crippen molar-refractivity contribution in [3.63, 3.8) is 0 Å². The summed E-state index contributed by atoms with van der Waals surface area (Å²) < 4.78 is 5.39. The maximum atomic E-state index is 12.8. The normalized spacial score (nSPS) is 18.7. The number of ether oxygens (including phenoxy) is 1. The number of pyridine rings is 1. The van der Waals surface area contributed by atoms with E-state index in [1.165, 1.54) is 12.8 Å². The lowest BCUT2D eigenvalue weighted by atomic mass is 9.99. The summed E-state index contributed by atoms with van der Waals surface area (Å²) in [6, 6.07) is 1.94. The molecule has 2 aliphatic rings. The number of carbonyl (C=O) groups excluding carboxylic acids is 1. The van der Waals surface area contributed by atoms with Crippen molar-refractivity contribution in [2.45, 2.75) is 25.7 Å². The molecule has 1 unspecified atom stereocenters. The van der Waals surface area contributed by atoms with E-state index in [0.717, 1.165) is 63.7 Å². The number of aromatic nitrogens is 3. The van der Waals surface area contributed by atoms with Crippen LogP contribution in [0.5, 0.6) is 0 Å². The number of carbonyl (C=O) groups is 1. The molecule has 2 saturated heterocycles. The molecule has 0 bridgehead atoms. The molecule has 0 aromatic carbocycles. The number of morpholine rings is 1. The fourth-order valence-corrected chi connectivity index (χ4v) is 4.22. The van der Waals surface area contributed by atoms with Crippen LogP contribution in [0, 0.1) is 18.3 Å². The lowest BCUT2D eigenvalue weighted by Crippen LogP contribution is -2.37. The summed E-state index contributed by atoms with van der Waals surface area (Å²) in [6.45, 7) is 6.99. The predicted molar refractivity (Wildman–Crippen MR) is 132 cm³/mol. The summed E-state index contributed by atoms with van der Waals surface area (Å²) in [5.74, 6) is 4.43.